The third-order valence-corrected chi connectivity index (χ3v) is 5.79. The smallest absolute Gasteiger partial charge is 0.244 e. The van der Waals surface area contributed by atoms with Crippen LogP contribution < -0.4 is 21.3 Å². The van der Waals surface area contributed by atoms with Crippen molar-refractivity contribution in [1.82, 2.24) is 20.6 Å². The molecule has 2 heterocycles. The van der Waals surface area contributed by atoms with Crippen LogP contribution in [0.25, 0.3) is 17.5 Å². The fourth-order valence-corrected chi connectivity index (χ4v) is 3.72. The summed E-state index contributed by atoms with van der Waals surface area (Å²) in [5.74, 6) is 1.62. The molecule has 0 fully saturated rings. The molecule has 0 aliphatic heterocycles. The Morgan fingerprint density at radius 3 is 2.21 bits per heavy atom. The zero-order valence-electron chi connectivity index (χ0n) is 19.0. The molecule has 34 heavy (non-hydrogen) atoms. The number of hydrogen-bond donors (Lipinski definition) is 4. The number of carbonyl (C=O) groups excluding carboxylic acids is 2. The minimum atomic E-state index is -0.156. The molecular weight excluding hydrogens is 472 g/mol. The number of nitrogens with zero attached hydrogens (tertiary/aromatic N) is 2. The Morgan fingerprint density at radius 1 is 0.971 bits per heavy atom. The maximum absolute atomic E-state index is 12.0. The average molecular weight is 499 g/mol. The van der Waals surface area contributed by atoms with E-state index < -0.39 is 0 Å². The lowest BCUT2D eigenvalue weighted by molar-refractivity contribution is -0.119. The third-order valence-electron chi connectivity index (χ3n) is 4.70. The lowest BCUT2D eigenvalue weighted by atomic mass is 10.2. The van der Waals surface area contributed by atoms with E-state index in [0.29, 0.717) is 48.7 Å². The van der Waals surface area contributed by atoms with E-state index in [9.17, 15) is 9.59 Å². The number of anilines is 2. The highest BCUT2D eigenvalue weighted by molar-refractivity contribution is 7.10. The van der Waals surface area contributed by atoms with E-state index >= 15 is 0 Å². The number of amides is 2. The number of hydrogen-bond acceptors (Lipinski definition) is 7. The maximum atomic E-state index is 12.0. The van der Waals surface area contributed by atoms with Gasteiger partial charge in [-0.3, -0.25) is 9.59 Å². The van der Waals surface area contributed by atoms with Crippen LogP contribution in [0.4, 0.5) is 11.6 Å². The molecule has 0 radical (unpaired) electrons. The van der Waals surface area contributed by atoms with Crippen LogP contribution in [0, 0.1) is 6.92 Å². The van der Waals surface area contributed by atoms with E-state index in [4.69, 9.17) is 11.6 Å². The first kappa shape index (κ1) is 25.2. The average Bonchev–Trinajstić information content (AvgIpc) is 3.34. The van der Waals surface area contributed by atoms with Crippen LogP contribution in [0.1, 0.15) is 17.4 Å². The molecular formula is C24H27ClN6O2S. The van der Waals surface area contributed by atoms with Crippen LogP contribution in [-0.4, -0.2) is 48.0 Å². The van der Waals surface area contributed by atoms with Gasteiger partial charge in [-0.15, -0.1) is 11.3 Å². The van der Waals surface area contributed by atoms with Crippen molar-refractivity contribution in [2.24, 2.45) is 0 Å². The van der Waals surface area contributed by atoms with Crippen LogP contribution >= 0.6 is 22.9 Å². The number of thiophene rings is 1. The summed E-state index contributed by atoms with van der Waals surface area (Å²) >= 11 is 7.59. The number of rotatable bonds is 11. The molecule has 0 saturated heterocycles. The van der Waals surface area contributed by atoms with E-state index in [1.54, 1.807) is 29.5 Å². The molecule has 1 aromatic carbocycles. The first-order valence-corrected chi connectivity index (χ1v) is 12.0. The Hall–Kier alpha value is -3.43. The Morgan fingerprint density at radius 2 is 1.62 bits per heavy atom. The molecule has 0 spiro atoms. The monoisotopic (exact) mass is 498 g/mol. The summed E-state index contributed by atoms with van der Waals surface area (Å²) in [5.41, 5.74) is 1.66. The van der Waals surface area contributed by atoms with Gasteiger partial charge < -0.3 is 21.3 Å². The summed E-state index contributed by atoms with van der Waals surface area (Å²) in [4.78, 5) is 33.5. The first-order valence-electron chi connectivity index (χ1n) is 10.8. The van der Waals surface area contributed by atoms with Crippen molar-refractivity contribution in [3.63, 3.8) is 0 Å². The highest BCUT2D eigenvalue weighted by Gasteiger charge is 2.12. The Bertz CT molecular complexity index is 1130. The molecule has 2 amide bonds. The second kappa shape index (κ2) is 12.7. The lowest BCUT2D eigenvalue weighted by Crippen LogP contribution is -2.28. The van der Waals surface area contributed by atoms with Crippen LogP contribution in [0.3, 0.4) is 0 Å². The molecule has 2 aromatic heterocycles. The number of aromatic nitrogens is 2. The highest BCUT2D eigenvalue weighted by Crippen LogP contribution is 2.26. The summed E-state index contributed by atoms with van der Waals surface area (Å²) in [6.07, 6.45) is 3.32. The van der Waals surface area contributed by atoms with E-state index in [0.717, 1.165) is 16.0 Å². The molecule has 178 valence electrons. The number of carbonyl (C=O) groups is 2. The van der Waals surface area contributed by atoms with E-state index in [1.807, 2.05) is 36.6 Å². The molecule has 0 atom stereocenters. The van der Waals surface area contributed by atoms with Gasteiger partial charge >= 0.3 is 0 Å². The van der Waals surface area contributed by atoms with Crippen LogP contribution in [0.15, 0.2) is 47.9 Å². The van der Waals surface area contributed by atoms with Gasteiger partial charge in [0.15, 0.2) is 5.82 Å². The molecule has 0 aliphatic rings. The lowest BCUT2D eigenvalue weighted by Gasteiger charge is -2.16. The highest BCUT2D eigenvalue weighted by atomic mass is 35.5. The molecule has 8 nitrogen and oxygen atoms in total. The number of nitrogens with one attached hydrogen (secondary N) is 4. The molecule has 4 N–H and O–H groups in total. The summed E-state index contributed by atoms with van der Waals surface area (Å²) < 4.78 is 0. The van der Waals surface area contributed by atoms with Gasteiger partial charge in [-0.1, -0.05) is 17.7 Å². The van der Waals surface area contributed by atoms with Crippen molar-refractivity contribution < 1.29 is 9.59 Å². The molecule has 0 saturated carbocycles. The molecule has 0 bridgehead atoms. The first-order chi connectivity index (χ1) is 16.4. The summed E-state index contributed by atoms with van der Waals surface area (Å²) in [7, 11) is 0. The predicted octanol–water partition coefficient (Wildman–Crippen LogP) is 3.96. The van der Waals surface area contributed by atoms with Gasteiger partial charge in [0.05, 0.1) is 0 Å². The van der Waals surface area contributed by atoms with Gasteiger partial charge in [-0.2, -0.15) is 0 Å². The molecule has 0 unspecified atom stereocenters. The summed E-state index contributed by atoms with van der Waals surface area (Å²) in [6, 6.07) is 11.2. The minimum Gasteiger partial charge on any atom is -0.368 e. The summed E-state index contributed by atoms with van der Waals surface area (Å²) in [5, 5.41) is 14.8. The Kier molecular flexibility index (Phi) is 9.42. The van der Waals surface area contributed by atoms with Gasteiger partial charge in [-0.05, 0) is 48.7 Å². The van der Waals surface area contributed by atoms with Crippen molar-refractivity contribution in [2.45, 2.75) is 13.8 Å². The Labute approximate surface area is 207 Å². The number of halogens is 1. The fourth-order valence-electron chi connectivity index (χ4n) is 2.98. The Balaban J connectivity index is 1.65. The molecule has 3 aromatic rings. The third kappa shape index (κ3) is 7.86. The second-order valence-electron chi connectivity index (χ2n) is 7.35. The van der Waals surface area contributed by atoms with Gasteiger partial charge in [0, 0.05) is 60.2 Å². The zero-order valence-corrected chi connectivity index (χ0v) is 20.6. The summed E-state index contributed by atoms with van der Waals surface area (Å²) in [6.45, 7) is 5.30. The fraction of sp³-hybridized carbons (Fsp3) is 0.250. The van der Waals surface area contributed by atoms with Crippen molar-refractivity contribution in [1.29, 1.82) is 0 Å². The maximum Gasteiger partial charge on any atom is 0.244 e. The van der Waals surface area contributed by atoms with Crippen LogP contribution in [-0.2, 0) is 9.59 Å². The molecule has 3 rings (SSSR count). The van der Waals surface area contributed by atoms with E-state index in [1.165, 1.54) is 13.0 Å². The normalized spacial score (nSPS) is 10.8. The van der Waals surface area contributed by atoms with Crippen molar-refractivity contribution >= 4 is 52.5 Å². The van der Waals surface area contributed by atoms with Crippen LogP contribution in [0.5, 0.6) is 0 Å². The van der Waals surface area contributed by atoms with Gasteiger partial charge in [0.1, 0.15) is 11.6 Å². The minimum absolute atomic E-state index is 0.0855. The van der Waals surface area contributed by atoms with Crippen LogP contribution in [0.2, 0.25) is 5.02 Å². The molecule has 0 aliphatic carbocycles. The standard InChI is InChI=1S/C24H27ClN6O2S/c1-16-22(28-13-11-26-17(2)32)30-24(18-5-7-19(25)8-6-18)31-23(16)29-14-12-27-21(33)10-9-20-4-3-15-34-20/h3-10,15H,11-14H2,1-2H3,(H,26,32)(H,27,33)(H2,28,29,30,31)/b10-9+. The van der Waals surface area contributed by atoms with Gasteiger partial charge in [0.25, 0.3) is 0 Å². The predicted molar refractivity (Wildman–Crippen MR) is 139 cm³/mol. The van der Waals surface area contributed by atoms with Gasteiger partial charge in [0.2, 0.25) is 11.8 Å². The van der Waals surface area contributed by atoms with Crippen molar-refractivity contribution in [3.05, 3.63) is 63.3 Å². The van der Waals surface area contributed by atoms with Crippen molar-refractivity contribution in [2.75, 3.05) is 36.8 Å². The van der Waals surface area contributed by atoms with Crippen molar-refractivity contribution in [3.8, 4) is 11.4 Å². The van der Waals surface area contributed by atoms with Gasteiger partial charge in [-0.25, -0.2) is 9.97 Å². The zero-order chi connectivity index (χ0) is 24.3. The topological polar surface area (TPSA) is 108 Å². The molecule has 10 heteroatoms. The van der Waals surface area contributed by atoms with E-state index in [2.05, 4.69) is 31.2 Å². The number of benzene rings is 1. The second-order valence-corrected chi connectivity index (χ2v) is 8.77. The largest absolute Gasteiger partial charge is 0.368 e. The van der Waals surface area contributed by atoms with E-state index in [-0.39, 0.29) is 11.8 Å². The SMILES string of the molecule is CC(=O)NCCNc1nc(-c2ccc(Cl)cc2)nc(NCCNC(=O)/C=C/c2cccs2)c1C. The quantitative estimate of drug-likeness (QED) is 0.235.